The van der Waals surface area contributed by atoms with Crippen molar-refractivity contribution < 1.29 is 9.60 Å². The highest BCUT2D eigenvalue weighted by atomic mass is 19.0. The van der Waals surface area contributed by atoms with Crippen LogP contribution in [0.5, 0.6) is 0 Å². The number of unbranched alkanes of at least 4 members (excludes halogenated alkanes) is 14. The van der Waals surface area contributed by atoms with Crippen LogP contribution in [0.1, 0.15) is 102 Å². The van der Waals surface area contributed by atoms with E-state index in [1.807, 2.05) is 0 Å². The molecule has 27 heavy (non-hydrogen) atoms. The number of nitrogens with one attached hydrogen (secondary N) is 1. The molecule has 0 amide bonds. The SMILES string of the molecule is C[NH+](C)CCCCCCCCCCCCCCCCCc1ccccc1.[F-]. The van der Waals surface area contributed by atoms with E-state index < -0.39 is 0 Å². The largest absolute Gasteiger partial charge is 1.00 e. The first-order valence-electron chi connectivity index (χ1n) is 11.6. The number of quaternary nitrogens is 1. The Morgan fingerprint density at radius 2 is 0.889 bits per heavy atom. The third-order valence-corrected chi connectivity index (χ3v) is 5.49. The fourth-order valence-electron chi connectivity index (χ4n) is 3.75. The molecule has 0 aliphatic carbocycles. The fraction of sp³-hybridized carbons (Fsp3) is 0.760. The number of halogens is 1. The van der Waals surface area contributed by atoms with E-state index in [-0.39, 0.29) is 4.70 Å². The summed E-state index contributed by atoms with van der Waals surface area (Å²) in [7, 11) is 4.51. The van der Waals surface area contributed by atoms with Crippen LogP contribution in [-0.2, 0) is 6.42 Å². The molecule has 0 unspecified atom stereocenters. The normalized spacial score (nSPS) is 10.9. The number of hydrogen-bond acceptors (Lipinski definition) is 0. The molecule has 0 bridgehead atoms. The predicted molar refractivity (Wildman–Crippen MR) is 117 cm³/mol. The lowest BCUT2D eigenvalue weighted by Gasteiger charge is -2.06. The van der Waals surface area contributed by atoms with Gasteiger partial charge in [0, 0.05) is 0 Å². The molecule has 1 rings (SSSR count). The highest BCUT2D eigenvalue weighted by Crippen LogP contribution is 2.14. The van der Waals surface area contributed by atoms with E-state index in [2.05, 4.69) is 44.4 Å². The summed E-state index contributed by atoms with van der Waals surface area (Å²) in [5.41, 5.74) is 1.50. The first-order chi connectivity index (χ1) is 12.8. The van der Waals surface area contributed by atoms with Crippen molar-refractivity contribution in [2.75, 3.05) is 20.6 Å². The summed E-state index contributed by atoms with van der Waals surface area (Å²) >= 11 is 0. The number of hydrogen-bond donors (Lipinski definition) is 1. The van der Waals surface area contributed by atoms with Gasteiger partial charge in [-0.3, -0.25) is 0 Å². The van der Waals surface area contributed by atoms with Gasteiger partial charge >= 0.3 is 0 Å². The van der Waals surface area contributed by atoms with Crippen LogP contribution >= 0.6 is 0 Å². The smallest absolute Gasteiger partial charge is 0.0766 e. The quantitative estimate of drug-likeness (QED) is 0.374. The third-order valence-electron chi connectivity index (χ3n) is 5.49. The molecule has 1 N–H and O–H groups in total. The van der Waals surface area contributed by atoms with Crippen molar-refractivity contribution in [3.05, 3.63) is 35.9 Å². The zero-order chi connectivity index (χ0) is 18.7. The van der Waals surface area contributed by atoms with Crippen molar-refractivity contribution in [3.63, 3.8) is 0 Å². The number of rotatable bonds is 18. The van der Waals surface area contributed by atoms with Crippen LogP contribution in [0.15, 0.2) is 30.3 Å². The monoisotopic (exact) mass is 379 g/mol. The predicted octanol–water partition coefficient (Wildman–Crippen LogP) is 3.23. The Morgan fingerprint density at radius 1 is 0.519 bits per heavy atom. The van der Waals surface area contributed by atoms with Crippen LogP contribution in [0.4, 0.5) is 0 Å². The topological polar surface area (TPSA) is 4.44 Å². The molecule has 0 saturated heterocycles. The van der Waals surface area contributed by atoms with Crippen LogP contribution in [-0.4, -0.2) is 20.6 Å². The maximum absolute atomic E-state index is 2.26. The van der Waals surface area contributed by atoms with E-state index in [4.69, 9.17) is 0 Å². The molecular weight excluding hydrogens is 333 g/mol. The van der Waals surface area contributed by atoms with Gasteiger partial charge in [0.25, 0.3) is 0 Å². The molecule has 0 fully saturated rings. The van der Waals surface area contributed by atoms with Crippen molar-refractivity contribution in [1.82, 2.24) is 0 Å². The first-order valence-corrected chi connectivity index (χ1v) is 11.6. The maximum Gasteiger partial charge on any atom is 0.0766 e. The van der Waals surface area contributed by atoms with Gasteiger partial charge in [0.05, 0.1) is 20.6 Å². The molecule has 1 nitrogen and oxygen atoms in total. The molecule has 1 aromatic carbocycles. The van der Waals surface area contributed by atoms with E-state index in [1.54, 1.807) is 4.90 Å². The van der Waals surface area contributed by atoms with Gasteiger partial charge in [-0.1, -0.05) is 107 Å². The fourth-order valence-corrected chi connectivity index (χ4v) is 3.75. The Hall–Kier alpha value is -0.890. The van der Waals surface area contributed by atoms with Crippen LogP contribution in [0.3, 0.4) is 0 Å². The van der Waals surface area contributed by atoms with E-state index in [9.17, 15) is 0 Å². The Labute approximate surface area is 169 Å². The average Bonchev–Trinajstić information content (AvgIpc) is 2.65. The van der Waals surface area contributed by atoms with Gasteiger partial charge in [-0.2, -0.15) is 0 Å². The number of aryl methyl sites for hydroxylation is 1. The third kappa shape index (κ3) is 18.2. The van der Waals surface area contributed by atoms with Gasteiger partial charge in [0.15, 0.2) is 0 Å². The minimum atomic E-state index is 0. The zero-order valence-electron chi connectivity index (χ0n) is 18.3. The Morgan fingerprint density at radius 3 is 1.30 bits per heavy atom. The Kier molecular flexibility index (Phi) is 19.2. The second kappa shape index (κ2) is 19.9. The van der Waals surface area contributed by atoms with E-state index in [1.165, 1.54) is 115 Å². The molecule has 0 spiro atoms. The Balaban J connectivity index is 0.00000676. The van der Waals surface area contributed by atoms with Crippen molar-refractivity contribution >= 4 is 0 Å². The summed E-state index contributed by atoms with van der Waals surface area (Å²) in [6, 6.07) is 10.9. The molecule has 0 aliphatic heterocycles. The second-order valence-electron chi connectivity index (χ2n) is 8.50. The molecule has 0 atom stereocenters. The lowest BCUT2D eigenvalue weighted by Crippen LogP contribution is -3.05. The van der Waals surface area contributed by atoms with Crippen molar-refractivity contribution in [3.8, 4) is 0 Å². The van der Waals surface area contributed by atoms with Gasteiger partial charge in [-0.05, 0) is 31.2 Å². The molecule has 0 heterocycles. The van der Waals surface area contributed by atoms with Crippen molar-refractivity contribution in [1.29, 1.82) is 0 Å². The molecular formula is C25H46FN. The highest BCUT2D eigenvalue weighted by molar-refractivity contribution is 5.14. The minimum Gasteiger partial charge on any atom is -1.00 e. The molecule has 1 aromatic rings. The van der Waals surface area contributed by atoms with Crippen LogP contribution in [0, 0.1) is 0 Å². The zero-order valence-corrected chi connectivity index (χ0v) is 18.3. The molecule has 0 radical (unpaired) electrons. The summed E-state index contributed by atoms with van der Waals surface area (Å²) in [6.45, 7) is 1.34. The number of benzene rings is 1. The van der Waals surface area contributed by atoms with Crippen LogP contribution < -0.4 is 9.60 Å². The van der Waals surface area contributed by atoms with Gasteiger partial charge in [0.2, 0.25) is 0 Å². The van der Waals surface area contributed by atoms with Crippen LogP contribution in [0.2, 0.25) is 0 Å². The highest BCUT2D eigenvalue weighted by Gasteiger charge is 1.96. The van der Waals surface area contributed by atoms with Gasteiger partial charge in [-0.15, -0.1) is 0 Å². The van der Waals surface area contributed by atoms with Crippen LogP contribution in [0.25, 0.3) is 0 Å². The van der Waals surface area contributed by atoms with E-state index in [0.717, 1.165) is 0 Å². The molecule has 0 aliphatic rings. The lowest BCUT2D eigenvalue weighted by atomic mass is 10.0. The lowest BCUT2D eigenvalue weighted by molar-refractivity contribution is -0.858. The standard InChI is InChI=1S/C25H45N.FH/c1-26(2)24-20-15-13-11-9-7-5-3-4-6-8-10-12-14-17-21-25-22-18-16-19-23-25;/h16,18-19,22-23H,3-15,17,20-21,24H2,1-2H3;1H. The van der Waals surface area contributed by atoms with Crippen molar-refractivity contribution in [2.24, 2.45) is 0 Å². The first kappa shape index (κ1) is 26.1. The summed E-state index contributed by atoms with van der Waals surface area (Å²) in [6.07, 6.45) is 23.0. The van der Waals surface area contributed by atoms with E-state index in [0.29, 0.717) is 0 Å². The molecule has 0 aromatic heterocycles. The minimum absolute atomic E-state index is 0. The van der Waals surface area contributed by atoms with Gasteiger partial charge < -0.3 is 9.60 Å². The van der Waals surface area contributed by atoms with Gasteiger partial charge in [-0.25, -0.2) is 0 Å². The second-order valence-corrected chi connectivity index (χ2v) is 8.50. The molecule has 158 valence electrons. The average molecular weight is 380 g/mol. The Bertz CT molecular complexity index is 391. The maximum atomic E-state index is 2.26. The van der Waals surface area contributed by atoms with Gasteiger partial charge in [0.1, 0.15) is 0 Å². The molecule has 2 heteroatoms. The summed E-state index contributed by atoms with van der Waals surface area (Å²) in [5.74, 6) is 0. The summed E-state index contributed by atoms with van der Waals surface area (Å²) < 4.78 is 0. The summed E-state index contributed by atoms with van der Waals surface area (Å²) in [4.78, 5) is 1.59. The summed E-state index contributed by atoms with van der Waals surface area (Å²) in [5, 5.41) is 0. The molecule has 0 saturated carbocycles. The van der Waals surface area contributed by atoms with Crippen molar-refractivity contribution in [2.45, 2.75) is 103 Å². The van der Waals surface area contributed by atoms with E-state index >= 15 is 0 Å².